The van der Waals surface area contributed by atoms with Gasteiger partial charge in [0.25, 0.3) is 0 Å². The van der Waals surface area contributed by atoms with E-state index in [1.54, 1.807) is 0 Å². The van der Waals surface area contributed by atoms with E-state index in [-0.39, 0.29) is 0 Å². The average molecular weight is 156 g/mol. The Hall–Kier alpha value is 0.350. The smallest absolute Gasteiger partial charge is 0.00528 e. The van der Waals surface area contributed by atoms with Crippen molar-refractivity contribution < 1.29 is 0 Å². The van der Waals surface area contributed by atoms with E-state index in [0.717, 1.165) is 16.4 Å². The molecule has 2 fully saturated rings. The summed E-state index contributed by atoms with van der Waals surface area (Å²) >= 11 is 2.25. The van der Waals surface area contributed by atoms with Gasteiger partial charge in [-0.2, -0.15) is 11.8 Å². The minimum absolute atomic E-state index is 0.977. The molecule has 3 unspecified atom stereocenters. The van der Waals surface area contributed by atoms with E-state index in [1.807, 2.05) is 0 Å². The van der Waals surface area contributed by atoms with Crippen molar-refractivity contribution in [1.82, 2.24) is 0 Å². The molecule has 0 amide bonds. The molecule has 2 rings (SSSR count). The molecule has 1 saturated heterocycles. The van der Waals surface area contributed by atoms with Crippen molar-refractivity contribution in [1.29, 1.82) is 0 Å². The first-order chi connectivity index (χ1) is 4.86. The van der Waals surface area contributed by atoms with Crippen molar-refractivity contribution >= 4 is 11.8 Å². The fraction of sp³-hybridized carbons (Fsp3) is 1.00. The van der Waals surface area contributed by atoms with Gasteiger partial charge in [0.2, 0.25) is 0 Å². The van der Waals surface area contributed by atoms with Crippen LogP contribution in [-0.4, -0.2) is 10.5 Å². The summed E-state index contributed by atoms with van der Waals surface area (Å²) in [5.74, 6) is 1.08. The van der Waals surface area contributed by atoms with Crippen LogP contribution in [0.15, 0.2) is 0 Å². The molecule has 0 N–H and O–H groups in total. The monoisotopic (exact) mass is 156 g/mol. The second-order valence-corrected chi connectivity index (χ2v) is 5.43. The lowest BCUT2D eigenvalue weighted by molar-refractivity contribution is 0.483. The fourth-order valence-corrected chi connectivity index (χ4v) is 4.05. The lowest BCUT2D eigenvalue weighted by Crippen LogP contribution is -2.06. The van der Waals surface area contributed by atoms with Gasteiger partial charge in [-0.25, -0.2) is 0 Å². The zero-order valence-corrected chi connectivity index (χ0v) is 7.49. The van der Waals surface area contributed by atoms with E-state index < -0.39 is 0 Å². The molecule has 58 valence electrons. The molecule has 0 radical (unpaired) electrons. The van der Waals surface area contributed by atoms with Crippen LogP contribution in [0.3, 0.4) is 0 Å². The van der Waals surface area contributed by atoms with Crippen LogP contribution < -0.4 is 0 Å². The molecule has 1 aliphatic heterocycles. The number of rotatable bonds is 0. The van der Waals surface area contributed by atoms with E-state index in [4.69, 9.17) is 0 Å². The molecule has 0 nitrogen and oxygen atoms in total. The summed E-state index contributed by atoms with van der Waals surface area (Å²) in [6, 6.07) is 0. The molecule has 1 saturated carbocycles. The van der Waals surface area contributed by atoms with Crippen molar-refractivity contribution in [3.05, 3.63) is 0 Å². The van der Waals surface area contributed by atoms with E-state index >= 15 is 0 Å². The minimum Gasteiger partial charge on any atom is -0.155 e. The van der Waals surface area contributed by atoms with Gasteiger partial charge in [0, 0.05) is 10.5 Å². The summed E-state index contributed by atoms with van der Waals surface area (Å²) in [5, 5.41) is 2.02. The topological polar surface area (TPSA) is 0 Å². The Balaban J connectivity index is 2.03. The molecule has 2 aliphatic rings. The third-order valence-corrected chi connectivity index (χ3v) is 4.61. The van der Waals surface area contributed by atoms with Crippen LogP contribution in [0.2, 0.25) is 0 Å². The second-order valence-electron chi connectivity index (χ2n) is 3.74. The zero-order chi connectivity index (χ0) is 6.97. The van der Waals surface area contributed by atoms with Gasteiger partial charge >= 0.3 is 0 Å². The fourth-order valence-electron chi connectivity index (χ4n) is 2.32. The lowest BCUT2D eigenvalue weighted by atomic mass is 9.98. The Morgan fingerprint density at radius 2 is 2.00 bits per heavy atom. The van der Waals surface area contributed by atoms with Crippen LogP contribution >= 0.6 is 11.8 Å². The first-order valence-electron chi connectivity index (χ1n) is 4.52. The Labute approximate surface area is 67.8 Å². The molecule has 1 heteroatoms. The normalized spacial score (nSPS) is 47.1. The molecule has 0 spiro atoms. The Morgan fingerprint density at radius 1 is 1.20 bits per heavy atom. The summed E-state index contributed by atoms with van der Waals surface area (Å²) in [4.78, 5) is 0. The molecular formula is C9H16S. The van der Waals surface area contributed by atoms with Gasteiger partial charge in [0.15, 0.2) is 0 Å². The molecule has 0 aromatic heterocycles. The SMILES string of the molecule is CC1SC2CCCCC1C2. The van der Waals surface area contributed by atoms with E-state index in [9.17, 15) is 0 Å². The van der Waals surface area contributed by atoms with Crippen molar-refractivity contribution in [3.8, 4) is 0 Å². The van der Waals surface area contributed by atoms with Crippen LogP contribution in [-0.2, 0) is 0 Å². The van der Waals surface area contributed by atoms with Crippen molar-refractivity contribution in [2.45, 2.75) is 49.5 Å². The third kappa shape index (κ3) is 1.20. The molecule has 1 heterocycles. The van der Waals surface area contributed by atoms with Gasteiger partial charge in [-0.15, -0.1) is 0 Å². The standard InChI is InChI=1S/C9H16S/c1-7-8-4-2-3-5-9(6-8)10-7/h7-9H,2-6H2,1H3. The zero-order valence-electron chi connectivity index (χ0n) is 6.68. The first-order valence-corrected chi connectivity index (χ1v) is 5.46. The van der Waals surface area contributed by atoms with Crippen molar-refractivity contribution in [2.75, 3.05) is 0 Å². The van der Waals surface area contributed by atoms with Gasteiger partial charge in [0.1, 0.15) is 0 Å². The molecule has 0 aromatic carbocycles. The van der Waals surface area contributed by atoms with E-state index in [1.165, 1.54) is 32.1 Å². The molecule has 1 aliphatic carbocycles. The molecule has 2 bridgehead atoms. The Morgan fingerprint density at radius 3 is 2.90 bits per heavy atom. The van der Waals surface area contributed by atoms with Crippen LogP contribution in [0.4, 0.5) is 0 Å². The third-order valence-electron chi connectivity index (χ3n) is 2.99. The summed E-state index contributed by atoms with van der Waals surface area (Å²) < 4.78 is 0. The highest BCUT2D eigenvalue weighted by Gasteiger charge is 2.32. The van der Waals surface area contributed by atoms with Crippen LogP contribution in [0.5, 0.6) is 0 Å². The quantitative estimate of drug-likeness (QED) is 0.519. The highest BCUT2D eigenvalue weighted by molar-refractivity contribution is 8.00. The lowest BCUT2D eigenvalue weighted by Gasteiger charge is -2.13. The van der Waals surface area contributed by atoms with E-state index in [2.05, 4.69) is 18.7 Å². The summed E-state index contributed by atoms with van der Waals surface area (Å²) in [6.07, 6.45) is 7.56. The number of hydrogen-bond acceptors (Lipinski definition) is 1. The predicted molar refractivity (Wildman–Crippen MR) is 47.4 cm³/mol. The van der Waals surface area contributed by atoms with E-state index in [0.29, 0.717) is 0 Å². The molecular weight excluding hydrogens is 140 g/mol. The maximum absolute atomic E-state index is 2.42. The number of hydrogen-bond donors (Lipinski definition) is 0. The number of fused-ring (bicyclic) bond motifs is 2. The highest BCUT2D eigenvalue weighted by Crippen LogP contribution is 2.45. The Kier molecular flexibility index (Phi) is 1.94. The minimum atomic E-state index is 0.977. The second kappa shape index (κ2) is 2.77. The van der Waals surface area contributed by atoms with Crippen molar-refractivity contribution in [2.24, 2.45) is 5.92 Å². The number of thioether (sulfide) groups is 1. The molecule has 3 atom stereocenters. The van der Waals surface area contributed by atoms with Crippen LogP contribution in [0.1, 0.15) is 39.0 Å². The van der Waals surface area contributed by atoms with Gasteiger partial charge < -0.3 is 0 Å². The van der Waals surface area contributed by atoms with Crippen LogP contribution in [0, 0.1) is 5.92 Å². The van der Waals surface area contributed by atoms with Gasteiger partial charge in [0.05, 0.1) is 0 Å². The van der Waals surface area contributed by atoms with Crippen molar-refractivity contribution in [3.63, 3.8) is 0 Å². The Bertz CT molecular complexity index is 122. The van der Waals surface area contributed by atoms with Crippen LogP contribution in [0.25, 0.3) is 0 Å². The van der Waals surface area contributed by atoms with Gasteiger partial charge in [-0.3, -0.25) is 0 Å². The highest BCUT2D eigenvalue weighted by atomic mass is 32.2. The molecule has 10 heavy (non-hydrogen) atoms. The maximum atomic E-state index is 2.42. The molecule has 0 aromatic rings. The summed E-state index contributed by atoms with van der Waals surface area (Å²) in [6.45, 7) is 2.42. The maximum Gasteiger partial charge on any atom is 0.00528 e. The van der Waals surface area contributed by atoms with Gasteiger partial charge in [-0.05, 0) is 25.2 Å². The summed E-state index contributed by atoms with van der Waals surface area (Å²) in [5.41, 5.74) is 0. The summed E-state index contributed by atoms with van der Waals surface area (Å²) in [7, 11) is 0. The van der Waals surface area contributed by atoms with Gasteiger partial charge in [-0.1, -0.05) is 19.8 Å². The predicted octanol–water partition coefficient (Wildman–Crippen LogP) is 3.07. The first kappa shape index (κ1) is 7.02. The average Bonchev–Trinajstić information content (AvgIpc) is 2.18. The largest absolute Gasteiger partial charge is 0.155 e.